The average molecular weight is 224 g/mol. The zero-order valence-corrected chi connectivity index (χ0v) is 9.50. The second kappa shape index (κ2) is 3.94. The number of aromatic nitrogens is 2. The number of rotatable bonds is 2. The van der Waals surface area contributed by atoms with Crippen LogP contribution in [0.4, 0.5) is 0 Å². The fraction of sp³-hybridized carbons (Fsp3) is 0.0714. The summed E-state index contributed by atoms with van der Waals surface area (Å²) in [5.74, 6) is 1.85. The maximum Gasteiger partial charge on any atom is 0.133 e. The molecule has 0 N–H and O–H groups in total. The zero-order chi connectivity index (χ0) is 11.7. The monoisotopic (exact) mass is 224 g/mol. The van der Waals surface area contributed by atoms with Crippen molar-refractivity contribution >= 4 is 0 Å². The van der Waals surface area contributed by atoms with Gasteiger partial charge in [-0.15, -0.1) is 0 Å². The maximum atomic E-state index is 5.40. The number of imidazole rings is 1. The van der Waals surface area contributed by atoms with Crippen molar-refractivity contribution in [1.82, 2.24) is 9.55 Å². The van der Waals surface area contributed by atoms with Crippen LogP contribution in [0.1, 0.15) is 5.82 Å². The van der Waals surface area contributed by atoms with E-state index in [2.05, 4.69) is 17.1 Å². The summed E-state index contributed by atoms with van der Waals surface area (Å²) in [6.07, 6.45) is 5.44. The van der Waals surface area contributed by atoms with Crippen LogP contribution in [-0.4, -0.2) is 9.55 Å². The Labute approximate surface area is 99.3 Å². The van der Waals surface area contributed by atoms with Crippen LogP contribution in [0.3, 0.4) is 0 Å². The van der Waals surface area contributed by atoms with Gasteiger partial charge in [0.25, 0.3) is 0 Å². The summed E-state index contributed by atoms with van der Waals surface area (Å²) in [6.45, 7) is 1.99. The lowest BCUT2D eigenvalue weighted by Gasteiger charge is -2.06. The van der Waals surface area contributed by atoms with Crippen molar-refractivity contribution in [2.24, 2.45) is 0 Å². The van der Waals surface area contributed by atoms with Crippen molar-refractivity contribution in [3.8, 4) is 17.0 Å². The Hall–Kier alpha value is -2.29. The summed E-state index contributed by atoms with van der Waals surface area (Å²) in [7, 11) is 0. The highest BCUT2D eigenvalue weighted by Gasteiger charge is 2.04. The molecule has 0 saturated heterocycles. The van der Waals surface area contributed by atoms with Gasteiger partial charge in [0.15, 0.2) is 0 Å². The van der Waals surface area contributed by atoms with E-state index in [0.717, 1.165) is 22.8 Å². The summed E-state index contributed by atoms with van der Waals surface area (Å²) in [5, 5.41) is 0. The van der Waals surface area contributed by atoms with E-state index in [1.165, 1.54) is 0 Å². The molecule has 84 valence electrons. The summed E-state index contributed by atoms with van der Waals surface area (Å²) >= 11 is 0. The predicted octanol–water partition coefficient (Wildman–Crippen LogP) is 3.44. The quantitative estimate of drug-likeness (QED) is 0.667. The fourth-order valence-electron chi connectivity index (χ4n) is 1.90. The van der Waals surface area contributed by atoms with Gasteiger partial charge in [-0.05, 0) is 31.2 Å². The zero-order valence-electron chi connectivity index (χ0n) is 9.50. The smallest absolute Gasteiger partial charge is 0.133 e. The van der Waals surface area contributed by atoms with Gasteiger partial charge in [-0.25, -0.2) is 4.98 Å². The van der Waals surface area contributed by atoms with E-state index in [0.29, 0.717) is 0 Å². The molecule has 0 bridgehead atoms. The van der Waals surface area contributed by atoms with E-state index >= 15 is 0 Å². The van der Waals surface area contributed by atoms with Gasteiger partial charge in [-0.2, -0.15) is 0 Å². The molecule has 2 heterocycles. The molecule has 1 aromatic carbocycles. The van der Waals surface area contributed by atoms with Gasteiger partial charge in [-0.3, -0.25) is 0 Å². The molecule has 0 aliphatic heterocycles. The third kappa shape index (κ3) is 1.76. The Bertz CT molecular complexity index is 623. The highest BCUT2D eigenvalue weighted by atomic mass is 16.3. The Kier molecular flexibility index (Phi) is 2.29. The van der Waals surface area contributed by atoms with Crippen LogP contribution >= 0.6 is 0 Å². The topological polar surface area (TPSA) is 31.0 Å². The van der Waals surface area contributed by atoms with Gasteiger partial charge in [0.05, 0.1) is 6.26 Å². The Balaban J connectivity index is 2.09. The SMILES string of the molecule is Cc1nccn1-c1cccc(-c2ccco2)c1. The molecular formula is C14H12N2O. The van der Waals surface area contributed by atoms with Crippen molar-refractivity contribution in [1.29, 1.82) is 0 Å². The molecule has 0 saturated carbocycles. The van der Waals surface area contributed by atoms with Crippen molar-refractivity contribution in [2.75, 3.05) is 0 Å². The second-order valence-corrected chi connectivity index (χ2v) is 3.87. The summed E-state index contributed by atoms with van der Waals surface area (Å²) in [4.78, 5) is 4.22. The van der Waals surface area contributed by atoms with Crippen LogP contribution in [0.5, 0.6) is 0 Å². The first-order valence-electron chi connectivity index (χ1n) is 5.49. The van der Waals surface area contributed by atoms with Crippen molar-refractivity contribution < 1.29 is 4.42 Å². The molecule has 0 spiro atoms. The van der Waals surface area contributed by atoms with Crippen molar-refractivity contribution in [2.45, 2.75) is 6.92 Å². The summed E-state index contributed by atoms with van der Waals surface area (Å²) in [6, 6.07) is 12.1. The molecule has 3 nitrogen and oxygen atoms in total. The second-order valence-electron chi connectivity index (χ2n) is 3.87. The molecule has 0 aliphatic rings. The van der Waals surface area contributed by atoms with Crippen LogP contribution in [0.15, 0.2) is 59.5 Å². The third-order valence-electron chi connectivity index (χ3n) is 2.76. The summed E-state index contributed by atoms with van der Waals surface area (Å²) in [5.41, 5.74) is 2.16. The first-order valence-corrected chi connectivity index (χ1v) is 5.49. The van der Waals surface area contributed by atoms with Gasteiger partial charge in [-0.1, -0.05) is 12.1 Å². The molecule has 0 amide bonds. The van der Waals surface area contributed by atoms with Gasteiger partial charge in [0, 0.05) is 23.6 Å². The molecule has 2 aromatic heterocycles. The van der Waals surface area contributed by atoms with E-state index in [1.54, 1.807) is 12.5 Å². The lowest BCUT2D eigenvalue weighted by atomic mass is 10.1. The van der Waals surface area contributed by atoms with Crippen LogP contribution in [0.25, 0.3) is 17.0 Å². The largest absolute Gasteiger partial charge is 0.464 e. The van der Waals surface area contributed by atoms with Crippen LogP contribution in [0.2, 0.25) is 0 Å². The Morgan fingerprint density at radius 2 is 2.12 bits per heavy atom. The molecule has 0 atom stereocenters. The van der Waals surface area contributed by atoms with E-state index in [9.17, 15) is 0 Å². The van der Waals surface area contributed by atoms with E-state index < -0.39 is 0 Å². The third-order valence-corrected chi connectivity index (χ3v) is 2.76. The molecule has 3 aromatic rings. The van der Waals surface area contributed by atoms with E-state index in [-0.39, 0.29) is 0 Å². The number of benzene rings is 1. The minimum atomic E-state index is 0.879. The predicted molar refractivity (Wildman–Crippen MR) is 66.0 cm³/mol. The highest BCUT2D eigenvalue weighted by Crippen LogP contribution is 2.22. The molecule has 0 radical (unpaired) electrons. The van der Waals surface area contributed by atoms with Crippen LogP contribution in [-0.2, 0) is 0 Å². The fourth-order valence-corrected chi connectivity index (χ4v) is 1.90. The highest BCUT2D eigenvalue weighted by molar-refractivity contribution is 5.60. The lowest BCUT2D eigenvalue weighted by molar-refractivity contribution is 0.582. The molecular weight excluding hydrogens is 212 g/mol. The van der Waals surface area contributed by atoms with Gasteiger partial charge < -0.3 is 8.98 Å². The van der Waals surface area contributed by atoms with Gasteiger partial charge >= 0.3 is 0 Å². The Morgan fingerprint density at radius 1 is 1.18 bits per heavy atom. The number of furan rings is 1. The molecule has 0 unspecified atom stereocenters. The molecule has 17 heavy (non-hydrogen) atoms. The summed E-state index contributed by atoms with van der Waals surface area (Å²) < 4.78 is 7.45. The molecule has 0 aliphatic carbocycles. The van der Waals surface area contributed by atoms with Crippen LogP contribution < -0.4 is 0 Å². The molecule has 0 fully saturated rings. The number of hydrogen-bond acceptors (Lipinski definition) is 2. The van der Waals surface area contributed by atoms with Crippen molar-refractivity contribution in [3.05, 3.63) is 60.9 Å². The van der Waals surface area contributed by atoms with Gasteiger partial charge in [0.1, 0.15) is 11.6 Å². The van der Waals surface area contributed by atoms with Gasteiger partial charge in [0.2, 0.25) is 0 Å². The number of hydrogen-bond donors (Lipinski definition) is 0. The minimum Gasteiger partial charge on any atom is -0.464 e. The number of aryl methyl sites for hydroxylation is 1. The van der Waals surface area contributed by atoms with Crippen molar-refractivity contribution in [3.63, 3.8) is 0 Å². The normalized spacial score (nSPS) is 10.6. The minimum absolute atomic E-state index is 0.879. The molecule has 3 rings (SSSR count). The van der Waals surface area contributed by atoms with E-state index in [1.807, 2.05) is 42.0 Å². The Morgan fingerprint density at radius 3 is 2.82 bits per heavy atom. The lowest BCUT2D eigenvalue weighted by Crippen LogP contribution is -1.95. The standard InChI is InChI=1S/C14H12N2O/c1-11-15-7-8-16(11)13-5-2-4-12(10-13)14-6-3-9-17-14/h2-10H,1H3. The molecule has 3 heteroatoms. The van der Waals surface area contributed by atoms with Crippen LogP contribution in [0, 0.1) is 6.92 Å². The first-order chi connectivity index (χ1) is 8.34. The number of nitrogens with zero attached hydrogens (tertiary/aromatic N) is 2. The van der Waals surface area contributed by atoms with E-state index in [4.69, 9.17) is 4.42 Å². The maximum absolute atomic E-state index is 5.40. The average Bonchev–Trinajstić information content (AvgIpc) is 2.99. The first kappa shape index (κ1) is 9.90.